The van der Waals surface area contributed by atoms with Gasteiger partial charge in [-0.2, -0.15) is 0 Å². The molecule has 0 unspecified atom stereocenters. The molecule has 0 saturated carbocycles. The first-order chi connectivity index (χ1) is 12.2. The molecule has 0 radical (unpaired) electrons. The predicted molar refractivity (Wildman–Crippen MR) is 121 cm³/mol. The number of halogens is 1. The summed E-state index contributed by atoms with van der Waals surface area (Å²) in [6.07, 6.45) is 4.48. The zero-order valence-electron chi connectivity index (χ0n) is 16.5. The molecule has 0 spiro atoms. The second kappa shape index (κ2) is 13.3. The summed E-state index contributed by atoms with van der Waals surface area (Å²) in [6.45, 7) is 7.33. The van der Waals surface area contributed by atoms with Crippen molar-refractivity contribution < 1.29 is 4.74 Å². The summed E-state index contributed by atoms with van der Waals surface area (Å²) in [4.78, 5) is 6.90. The lowest BCUT2D eigenvalue weighted by molar-refractivity contribution is 0.155. The highest BCUT2D eigenvalue weighted by Crippen LogP contribution is 2.10. The van der Waals surface area contributed by atoms with Crippen LogP contribution in [0.15, 0.2) is 29.3 Å². The van der Waals surface area contributed by atoms with E-state index in [1.165, 1.54) is 24.0 Å². The first-order valence-corrected chi connectivity index (χ1v) is 9.45. The van der Waals surface area contributed by atoms with Crippen molar-refractivity contribution in [2.45, 2.75) is 38.6 Å². The maximum atomic E-state index is 5.13. The minimum atomic E-state index is 0. The van der Waals surface area contributed by atoms with Crippen molar-refractivity contribution in [1.29, 1.82) is 0 Å². The Kier molecular flexibility index (Phi) is 11.9. The summed E-state index contributed by atoms with van der Waals surface area (Å²) in [5, 5.41) is 7.02. The second-order valence-electron chi connectivity index (χ2n) is 6.84. The normalized spacial score (nSPS) is 16.2. The molecule has 148 valence electrons. The first-order valence-electron chi connectivity index (χ1n) is 9.45. The average Bonchev–Trinajstić information content (AvgIpc) is 2.64. The smallest absolute Gasteiger partial charge is 0.191 e. The number of likely N-dealkylation sites (tertiary alicyclic amines) is 1. The number of benzene rings is 1. The van der Waals surface area contributed by atoms with Crippen molar-refractivity contribution in [3.05, 3.63) is 35.4 Å². The van der Waals surface area contributed by atoms with Gasteiger partial charge in [-0.15, -0.1) is 24.0 Å². The molecule has 26 heavy (non-hydrogen) atoms. The molecule has 1 fully saturated rings. The van der Waals surface area contributed by atoms with Crippen LogP contribution in [0.1, 0.15) is 30.4 Å². The van der Waals surface area contributed by atoms with Crippen molar-refractivity contribution >= 4 is 29.9 Å². The lowest BCUT2D eigenvalue weighted by atomic mass is 10.1. The number of hydrogen-bond acceptors (Lipinski definition) is 3. The van der Waals surface area contributed by atoms with E-state index in [2.05, 4.69) is 51.7 Å². The van der Waals surface area contributed by atoms with Gasteiger partial charge in [-0.3, -0.25) is 4.99 Å². The zero-order valence-corrected chi connectivity index (χ0v) is 18.8. The molecule has 0 bridgehead atoms. The number of piperidine rings is 1. The Labute approximate surface area is 176 Å². The van der Waals surface area contributed by atoms with Crippen LogP contribution in [-0.2, 0) is 11.2 Å². The SMILES string of the molecule is CN=C(NCCc1ccc(C)cc1)NC1CCN(CCCOC)CC1.I. The maximum Gasteiger partial charge on any atom is 0.191 e. The summed E-state index contributed by atoms with van der Waals surface area (Å²) in [5.74, 6) is 0.921. The van der Waals surface area contributed by atoms with Crippen LogP contribution >= 0.6 is 24.0 Å². The van der Waals surface area contributed by atoms with Crippen molar-refractivity contribution in [3.8, 4) is 0 Å². The van der Waals surface area contributed by atoms with Gasteiger partial charge in [0.05, 0.1) is 0 Å². The number of nitrogens with zero attached hydrogens (tertiary/aromatic N) is 2. The van der Waals surface area contributed by atoms with E-state index < -0.39 is 0 Å². The molecule has 2 rings (SSSR count). The lowest BCUT2D eigenvalue weighted by Gasteiger charge is -2.33. The summed E-state index contributed by atoms with van der Waals surface area (Å²) in [7, 11) is 3.62. The van der Waals surface area contributed by atoms with Gasteiger partial charge in [0.25, 0.3) is 0 Å². The highest BCUT2D eigenvalue weighted by molar-refractivity contribution is 14.0. The Morgan fingerprint density at radius 3 is 2.54 bits per heavy atom. The third-order valence-electron chi connectivity index (χ3n) is 4.80. The van der Waals surface area contributed by atoms with Gasteiger partial charge in [0.15, 0.2) is 5.96 Å². The zero-order chi connectivity index (χ0) is 17.9. The van der Waals surface area contributed by atoms with E-state index >= 15 is 0 Å². The lowest BCUT2D eigenvalue weighted by Crippen LogP contribution is -2.49. The molecule has 0 amide bonds. The number of aryl methyl sites for hydroxylation is 1. The van der Waals surface area contributed by atoms with E-state index in [1.54, 1.807) is 7.11 Å². The monoisotopic (exact) mass is 474 g/mol. The molecule has 1 aliphatic rings. The quantitative estimate of drug-likeness (QED) is 0.263. The Morgan fingerprint density at radius 1 is 1.23 bits per heavy atom. The first kappa shape index (κ1) is 23.2. The van der Waals surface area contributed by atoms with E-state index in [0.717, 1.165) is 51.6 Å². The number of hydrogen-bond donors (Lipinski definition) is 2. The van der Waals surface area contributed by atoms with Crippen LogP contribution in [0.25, 0.3) is 0 Å². The number of ether oxygens (including phenoxy) is 1. The molecule has 2 N–H and O–H groups in total. The second-order valence-corrected chi connectivity index (χ2v) is 6.84. The summed E-state index contributed by atoms with van der Waals surface area (Å²) in [6, 6.07) is 9.26. The predicted octanol–water partition coefficient (Wildman–Crippen LogP) is 2.82. The van der Waals surface area contributed by atoms with Crippen LogP contribution < -0.4 is 10.6 Å². The van der Waals surface area contributed by atoms with Crippen LogP contribution in [0.4, 0.5) is 0 Å². The van der Waals surface area contributed by atoms with Crippen LogP contribution in [0.3, 0.4) is 0 Å². The maximum absolute atomic E-state index is 5.13. The minimum absolute atomic E-state index is 0. The van der Waals surface area contributed by atoms with Crippen molar-refractivity contribution in [2.75, 3.05) is 46.9 Å². The molecule has 5 nitrogen and oxygen atoms in total. The molecule has 1 saturated heterocycles. The Balaban J connectivity index is 0.00000338. The number of nitrogens with one attached hydrogen (secondary N) is 2. The van der Waals surface area contributed by atoms with Gasteiger partial charge in [0.1, 0.15) is 0 Å². The summed E-state index contributed by atoms with van der Waals surface area (Å²) < 4.78 is 5.13. The molecule has 1 aromatic rings. The fraction of sp³-hybridized carbons (Fsp3) is 0.650. The number of methoxy groups -OCH3 is 1. The summed E-state index contributed by atoms with van der Waals surface area (Å²) in [5.41, 5.74) is 2.67. The Bertz CT molecular complexity index is 513. The van der Waals surface area contributed by atoms with E-state index in [4.69, 9.17) is 4.74 Å². The van der Waals surface area contributed by atoms with Gasteiger partial charge >= 0.3 is 0 Å². The van der Waals surface area contributed by atoms with Gasteiger partial charge in [-0.05, 0) is 38.2 Å². The van der Waals surface area contributed by atoms with Crippen molar-refractivity contribution in [1.82, 2.24) is 15.5 Å². The average molecular weight is 474 g/mol. The van der Waals surface area contributed by atoms with Gasteiger partial charge in [0, 0.05) is 53.0 Å². The van der Waals surface area contributed by atoms with Crippen LogP contribution in [0.2, 0.25) is 0 Å². The fourth-order valence-corrected chi connectivity index (χ4v) is 3.20. The third kappa shape index (κ3) is 8.68. The molecule has 0 aromatic heterocycles. The van der Waals surface area contributed by atoms with Gasteiger partial charge < -0.3 is 20.3 Å². The molecule has 0 atom stereocenters. The highest BCUT2D eigenvalue weighted by Gasteiger charge is 2.19. The number of rotatable bonds is 8. The molecule has 6 heteroatoms. The largest absolute Gasteiger partial charge is 0.385 e. The number of aliphatic imine (C=N–C) groups is 1. The highest BCUT2D eigenvalue weighted by atomic mass is 127. The van der Waals surface area contributed by atoms with Gasteiger partial charge in [-0.1, -0.05) is 29.8 Å². The Hall–Kier alpha value is -0.860. The Morgan fingerprint density at radius 2 is 1.92 bits per heavy atom. The van der Waals surface area contributed by atoms with Crippen LogP contribution in [0, 0.1) is 6.92 Å². The molecular weight excluding hydrogens is 439 g/mol. The van der Waals surface area contributed by atoms with E-state index in [1.807, 2.05) is 7.05 Å². The van der Waals surface area contributed by atoms with E-state index in [-0.39, 0.29) is 24.0 Å². The fourth-order valence-electron chi connectivity index (χ4n) is 3.20. The van der Waals surface area contributed by atoms with Crippen molar-refractivity contribution in [3.63, 3.8) is 0 Å². The molecule has 1 heterocycles. The molecular formula is C20H35IN4O. The summed E-state index contributed by atoms with van der Waals surface area (Å²) >= 11 is 0. The van der Waals surface area contributed by atoms with Crippen LogP contribution in [0.5, 0.6) is 0 Å². The molecule has 0 aliphatic carbocycles. The molecule has 1 aliphatic heterocycles. The van der Waals surface area contributed by atoms with Crippen LogP contribution in [-0.4, -0.2) is 63.8 Å². The molecule has 1 aromatic carbocycles. The van der Waals surface area contributed by atoms with Crippen molar-refractivity contribution in [2.24, 2.45) is 4.99 Å². The third-order valence-corrected chi connectivity index (χ3v) is 4.80. The standard InChI is InChI=1S/C20H34N4O.HI/c1-17-5-7-18(8-6-17)9-12-22-20(21-2)23-19-10-14-24(15-11-19)13-4-16-25-3;/h5-8,19H,4,9-16H2,1-3H3,(H2,21,22,23);1H. The van der Waals surface area contributed by atoms with E-state index in [9.17, 15) is 0 Å². The minimum Gasteiger partial charge on any atom is -0.385 e. The van der Waals surface area contributed by atoms with Gasteiger partial charge in [0.2, 0.25) is 0 Å². The van der Waals surface area contributed by atoms with E-state index in [0.29, 0.717) is 6.04 Å². The number of guanidine groups is 1. The van der Waals surface area contributed by atoms with Gasteiger partial charge in [-0.25, -0.2) is 0 Å². The topological polar surface area (TPSA) is 48.9 Å².